The lowest BCUT2D eigenvalue weighted by molar-refractivity contribution is -0.385. The quantitative estimate of drug-likeness (QED) is 0.462. The minimum atomic E-state index is -0.696. The molecular formula is C14H15N3O4S. The second kappa shape index (κ2) is 6.99. The summed E-state index contributed by atoms with van der Waals surface area (Å²) in [6.45, 7) is 2.37. The van der Waals surface area contributed by atoms with Gasteiger partial charge in [0.05, 0.1) is 18.1 Å². The lowest BCUT2D eigenvalue weighted by Crippen LogP contribution is -2.17. The van der Waals surface area contributed by atoms with Gasteiger partial charge in [-0.25, -0.2) is 9.78 Å². The fraction of sp³-hybridized carbons (Fsp3) is 0.286. The van der Waals surface area contributed by atoms with E-state index in [0.29, 0.717) is 12.2 Å². The second-order valence-corrected chi connectivity index (χ2v) is 5.44. The maximum Gasteiger partial charge on any atom is 0.345 e. The minimum absolute atomic E-state index is 0.0460. The van der Waals surface area contributed by atoms with Crippen molar-refractivity contribution in [3.63, 3.8) is 0 Å². The van der Waals surface area contributed by atoms with Crippen LogP contribution in [0.25, 0.3) is 0 Å². The van der Waals surface area contributed by atoms with Gasteiger partial charge in [-0.1, -0.05) is 0 Å². The third kappa shape index (κ3) is 3.59. The molecule has 116 valence electrons. The number of hydrogen-bond donors (Lipinski definition) is 0. The number of benzene rings is 1. The molecule has 0 spiro atoms. The van der Waals surface area contributed by atoms with E-state index < -0.39 is 10.9 Å². The Bertz CT molecular complexity index is 673. The van der Waals surface area contributed by atoms with Crippen molar-refractivity contribution in [1.29, 1.82) is 0 Å². The van der Waals surface area contributed by atoms with Crippen LogP contribution in [0.4, 0.5) is 11.4 Å². The number of hydrogen-bond acceptors (Lipinski definition) is 7. The number of thiazole rings is 1. The van der Waals surface area contributed by atoms with E-state index in [9.17, 15) is 14.9 Å². The van der Waals surface area contributed by atoms with Gasteiger partial charge in [-0.05, 0) is 19.1 Å². The van der Waals surface area contributed by atoms with Crippen LogP contribution in [0.5, 0.6) is 0 Å². The molecule has 0 unspecified atom stereocenters. The fourth-order valence-electron chi connectivity index (χ4n) is 1.92. The number of aromatic nitrogens is 1. The first-order chi connectivity index (χ1) is 10.5. The van der Waals surface area contributed by atoms with Crippen LogP contribution in [0, 0.1) is 10.1 Å². The number of rotatable bonds is 6. The highest BCUT2D eigenvalue weighted by atomic mass is 32.1. The molecule has 22 heavy (non-hydrogen) atoms. The Hall–Kier alpha value is -2.48. The number of nitro benzene ring substituents is 1. The first-order valence-electron chi connectivity index (χ1n) is 6.58. The van der Waals surface area contributed by atoms with E-state index in [0.717, 1.165) is 5.01 Å². The lowest BCUT2D eigenvalue weighted by atomic mass is 10.1. The molecule has 0 bridgehead atoms. The van der Waals surface area contributed by atoms with E-state index in [1.807, 2.05) is 17.3 Å². The standard InChI is InChI=1S/C14H15N3O4S/c1-3-21-14(18)11-8-10(4-5-12(11)17(19)20)16(2)9-13-15-6-7-22-13/h4-8H,3,9H2,1-2H3. The zero-order chi connectivity index (χ0) is 16.1. The van der Waals surface area contributed by atoms with Crippen LogP contribution in [-0.4, -0.2) is 29.5 Å². The van der Waals surface area contributed by atoms with Gasteiger partial charge in [0.1, 0.15) is 10.6 Å². The summed E-state index contributed by atoms with van der Waals surface area (Å²) in [6.07, 6.45) is 1.72. The number of nitro groups is 1. The Morgan fingerprint density at radius 1 is 1.50 bits per heavy atom. The average molecular weight is 321 g/mol. The molecule has 0 atom stereocenters. The zero-order valence-electron chi connectivity index (χ0n) is 12.2. The van der Waals surface area contributed by atoms with Crippen molar-refractivity contribution in [2.24, 2.45) is 0 Å². The summed E-state index contributed by atoms with van der Waals surface area (Å²) in [4.78, 5) is 28.4. The summed E-state index contributed by atoms with van der Waals surface area (Å²) in [6, 6.07) is 4.40. The van der Waals surface area contributed by atoms with Gasteiger partial charge < -0.3 is 9.64 Å². The van der Waals surface area contributed by atoms with Crippen LogP contribution in [0.1, 0.15) is 22.3 Å². The molecule has 0 radical (unpaired) electrons. The largest absolute Gasteiger partial charge is 0.462 e. The topological polar surface area (TPSA) is 85.6 Å². The third-order valence-corrected chi connectivity index (χ3v) is 3.73. The van der Waals surface area contributed by atoms with Crippen LogP contribution in [0.3, 0.4) is 0 Å². The first-order valence-corrected chi connectivity index (χ1v) is 7.46. The van der Waals surface area contributed by atoms with Gasteiger partial charge in [-0.3, -0.25) is 10.1 Å². The summed E-state index contributed by atoms with van der Waals surface area (Å²) < 4.78 is 4.89. The summed E-state index contributed by atoms with van der Waals surface area (Å²) in [5.74, 6) is -0.696. The molecule has 0 saturated carbocycles. The van der Waals surface area contributed by atoms with Gasteiger partial charge in [-0.15, -0.1) is 11.3 Å². The Morgan fingerprint density at radius 3 is 2.86 bits per heavy atom. The average Bonchev–Trinajstić information content (AvgIpc) is 2.99. The Labute approximate surface area is 131 Å². The number of anilines is 1. The molecule has 0 amide bonds. The van der Waals surface area contributed by atoms with Gasteiger partial charge in [0, 0.05) is 30.4 Å². The monoisotopic (exact) mass is 321 g/mol. The summed E-state index contributed by atoms with van der Waals surface area (Å²) in [5, 5.41) is 13.8. The van der Waals surface area contributed by atoms with Crippen LogP contribution >= 0.6 is 11.3 Å². The predicted octanol–water partition coefficient (Wildman–Crippen LogP) is 2.86. The van der Waals surface area contributed by atoms with Crippen molar-refractivity contribution in [3.8, 4) is 0 Å². The Morgan fingerprint density at radius 2 is 2.27 bits per heavy atom. The molecule has 2 rings (SSSR count). The summed E-state index contributed by atoms with van der Waals surface area (Å²) in [7, 11) is 1.83. The van der Waals surface area contributed by atoms with E-state index in [4.69, 9.17) is 4.74 Å². The second-order valence-electron chi connectivity index (χ2n) is 4.46. The fourth-order valence-corrected chi connectivity index (χ4v) is 2.59. The van der Waals surface area contributed by atoms with E-state index in [1.165, 1.54) is 23.5 Å². The maximum absolute atomic E-state index is 11.9. The number of carbonyl (C=O) groups excluding carboxylic acids is 1. The molecule has 0 fully saturated rings. The van der Waals surface area contributed by atoms with Crippen LogP contribution in [0.15, 0.2) is 29.8 Å². The third-order valence-electron chi connectivity index (χ3n) is 2.97. The number of ether oxygens (including phenoxy) is 1. The molecule has 8 heteroatoms. The van der Waals surface area contributed by atoms with Crippen molar-refractivity contribution < 1.29 is 14.5 Å². The molecule has 7 nitrogen and oxygen atoms in total. The smallest absolute Gasteiger partial charge is 0.345 e. The van der Waals surface area contributed by atoms with E-state index in [2.05, 4.69) is 4.98 Å². The number of carbonyl (C=O) groups is 1. The van der Waals surface area contributed by atoms with Gasteiger partial charge in [0.25, 0.3) is 5.69 Å². The van der Waals surface area contributed by atoms with E-state index >= 15 is 0 Å². The molecule has 0 aliphatic carbocycles. The molecule has 1 aromatic carbocycles. The van der Waals surface area contributed by atoms with Crippen molar-refractivity contribution in [3.05, 3.63) is 50.5 Å². The van der Waals surface area contributed by atoms with Crippen molar-refractivity contribution in [2.45, 2.75) is 13.5 Å². The summed E-state index contributed by atoms with van der Waals surface area (Å²) in [5.41, 5.74) is 0.379. The summed E-state index contributed by atoms with van der Waals surface area (Å²) >= 11 is 1.52. The van der Waals surface area contributed by atoms with E-state index in [1.54, 1.807) is 19.2 Å². The molecule has 2 aromatic rings. The van der Waals surface area contributed by atoms with Crippen LogP contribution < -0.4 is 4.90 Å². The molecule has 1 heterocycles. The van der Waals surface area contributed by atoms with Gasteiger partial charge in [0.15, 0.2) is 0 Å². The highest BCUT2D eigenvalue weighted by Crippen LogP contribution is 2.26. The molecule has 0 aliphatic rings. The van der Waals surface area contributed by atoms with Crippen molar-refractivity contribution in [1.82, 2.24) is 4.98 Å². The number of esters is 1. The van der Waals surface area contributed by atoms with Crippen LogP contribution in [-0.2, 0) is 11.3 Å². The molecule has 0 N–H and O–H groups in total. The zero-order valence-corrected chi connectivity index (χ0v) is 13.0. The Balaban J connectivity index is 2.31. The highest BCUT2D eigenvalue weighted by molar-refractivity contribution is 7.09. The lowest BCUT2D eigenvalue weighted by Gasteiger charge is -2.18. The molecule has 1 aromatic heterocycles. The SMILES string of the molecule is CCOC(=O)c1cc(N(C)Cc2nccs2)ccc1[N+](=O)[O-]. The van der Waals surface area contributed by atoms with Crippen molar-refractivity contribution in [2.75, 3.05) is 18.6 Å². The first kappa shape index (κ1) is 15.9. The minimum Gasteiger partial charge on any atom is -0.462 e. The molecule has 0 aliphatic heterocycles. The van der Waals surface area contributed by atoms with Gasteiger partial charge in [0.2, 0.25) is 0 Å². The highest BCUT2D eigenvalue weighted by Gasteiger charge is 2.22. The Kier molecular flexibility index (Phi) is 5.05. The van der Waals surface area contributed by atoms with E-state index in [-0.39, 0.29) is 17.9 Å². The van der Waals surface area contributed by atoms with Crippen LogP contribution in [0.2, 0.25) is 0 Å². The normalized spacial score (nSPS) is 10.3. The van der Waals surface area contributed by atoms with Gasteiger partial charge in [-0.2, -0.15) is 0 Å². The molecular weight excluding hydrogens is 306 g/mol. The predicted molar refractivity (Wildman–Crippen MR) is 83.3 cm³/mol. The maximum atomic E-state index is 11.9. The molecule has 0 saturated heterocycles. The van der Waals surface area contributed by atoms with Crippen molar-refractivity contribution >= 4 is 28.7 Å². The van der Waals surface area contributed by atoms with Gasteiger partial charge >= 0.3 is 5.97 Å². The number of nitrogens with zero attached hydrogens (tertiary/aromatic N) is 3.